The third-order valence-corrected chi connectivity index (χ3v) is 8.22. The molecule has 0 saturated heterocycles. The molecular weight excluding hydrogens is 579 g/mol. The first-order valence-electron chi connectivity index (χ1n) is 14.5. The quantitative estimate of drug-likeness (QED) is 0.263. The average molecular weight is 612 g/mol. The van der Waals surface area contributed by atoms with E-state index in [0.29, 0.717) is 35.6 Å². The molecule has 1 amide bonds. The van der Waals surface area contributed by atoms with Crippen LogP contribution in [0.2, 0.25) is 0 Å². The summed E-state index contributed by atoms with van der Waals surface area (Å²) >= 11 is 0. The minimum Gasteiger partial charge on any atom is -0.478 e. The van der Waals surface area contributed by atoms with Gasteiger partial charge in [-0.3, -0.25) is 4.79 Å². The number of hydrogen-bond donors (Lipinski definition) is 3. The second-order valence-corrected chi connectivity index (χ2v) is 11.9. The maximum Gasteiger partial charge on any atom is 0.482 e. The molecule has 0 radical (unpaired) electrons. The van der Waals surface area contributed by atoms with Crippen molar-refractivity contribution in [3.05, 3.63) is 54.0 Å². The molecule has 1 aromatic heterocycles. The van der Waals surface area contributed by atoms with Crippen molar-refractivity contribution >= 4 is 40.7 Å². The second kappa shape index (κ2) is 11.5. The Bertz CT molecular complexity index is 1600. The summed E-state index contributed by atoms with van der Waals surface area (Å²) in [4.78, 5) is 32.8. The zero-order valence-corrected chi connectivity index (χ0v) is 24.3. The van der Waals surface area contributed by atoms with Crippen LogP contribution in [0.4, 0.5) is 42.0 Å². The van der Waals surface area contributed by atoms with E-state index in [1.807, 2.05) is 6.07 Å². The van der Waals surface area contributed by atoms with Crippen molar-refractivity contribution in [1.82, 2.24) is 9.97 Å². The number of hydrogen-bond acceptors (Lipinski definition) is 9. The van der Waals surface area contributed by atoms with Gasteiger partial charge >= 0.3 is 18.0 Å². The minimum absolute atomic E-state index is 0.00526. The van der Waals surface area contributed by atoms with E-state index in [9.17, 15) is 22.8 Å². The van der Waals surface area contributed by atoms with Gasteiger partial charge in [0.2, 0.25) is 5.95 Å². The number of rotatable bonds is 7. The molecule has 4 atom stereocenters. The Morgan fingerprint density at radius 1 is 1.11 bits per heavy atom. The van der Waals surface area contributed by atoms with Gasteiger partial charge in [0.15, 0.2) is 23.5 Å². The van der Waals surface area contributed by atoms with Gasteiger partial charge < -0.3 is 30.2 Å². The van der Waals surface area contributed by atoms with Gasteiger partial charge in [-0.1, -0.05) is 27.2 Å². The molecule has 3 aliphatic rings. The predicted octanol–water partition coefficient (Wildman–Crippen LogP) is 6.33. The van der Waals surface area contributed by atoms with E-state index >= 15 is 0 Å². The molecular formula is C31H32F3N5O5. The van der Waals surface area contributed by atoms with Crippen molar-refractivity contribution in [1.29, 1.82) is 0 Å². The second-order valence-electron chi connectivity index (χ2n) is 11.9. The van der Waals surface area contributed by atoms with Gasteiger partial charge in [0, 0.05) is 23.4 Å². The Morgan fingerprint density at radius 2 is 1.86 bits per heavy atom. The fourth-order valence-electron chi connectivity index (χ4n) is 5.89. The Kier molecular flexibility index (Phi) is 7.72. The monoisotopic (exact) mass is 611 g/mol. The van der Waals surface area contributed by atoms with E-state index in [2.05, 4.69) is 51.4 Å². The summed E-state index contributed by atoms with van der Waals surface area (Å²) < 4.78 is 58.0. The molecule has 6 rings (SSSR count). The molecule has 3 heterocycles. The lowest BCUT2D eigenvalue weighted by atomic mass is 9.75. The van der Waals surface area contributed by atoms with E-state index < -0.39 is 23.9 Å². The number of fused-ring (bicyclic) bond motifs is 2. The molecule has 1 saturated carbocycles. The summed E-state index contributed by atoms with van der Waals surface area (Å²) in [5.41, 5.74) is 1.65. The molecule has 3 N–H and O–H groups in total. The van der Waals surface area contributed by atoms with E-state index in [1.165, 1.54) is 18.2 Å². The Balaban J connectivity index is 1.11. The molecule has 2 aromatic carbocycles. The van der Waals surface area contributed by atoms with Gasteiger partial charge in [0.25, 0.3) is 0 Å². The zero-order chi connectivity index (χ0) is 31.2. The lowest BCUT2D eigenvalue weighted by molar-refractivity contribution is -0.189. The molecule has 0 bridgehead atoms. The van der Waals surface area contributed by atoms with E-state index in [1.54, 1.807) is 12.1 Å². The number of aromatic nitrogens is 2. The van der Waals surface area contributed by atoms with Gasteiger partial charge in [-0.25, -0.2) is 14.2 Å². The predicted molar refractivity (Wildman–Crippen MR) is 155 cm³/mol. The zero-order valence-electron chi connectivity index (χ0n) is 24.3. The number of nitrogens with one attached hydrogen (secondary N) is 3. The summed E-state index contributed by atoms with van der Waals surface area (Å²) in [6.07, 6.45) is -0.482. The van der Waals surface area contributed by atoms with Crippen LogP contribution in [0.5, 0.6) is 11.5 Å². The summed E-state index contributed by atoms with van der Waals surface area (Å²) in [6, 6.07) is 9.19. The van der Waals surface area contributed by atoms with Crippen LogP contribution in [0.25, 0.3) is 0 Å². The number of carbonyl (C=O) groups is 2. The van der Waals surface area contributed by atoms with E-state index in [0.717, 1.165) is 31.0 Å². The van der Waals surface area contributed by atoms with Crippen LogP contribution < -0.4 is 25.4 Å². The minimum atomic E-state index is -3.99. The maximum absolute atomic E-state index is 14.6. The van der Waals surface area contributed by atoms with Crippen molar-refractivity contribution < 1.29 is 37.0 Å². The molecule has 44 heavy (non-hydrogen) atoms. The highest BCUT2D eigenvalue weighted by Crippen LogP contribution is 2.39. The number of anilines is 5. The topological polar surface area (TPSA) is 124 Å². The lowest BCUT2D eigenvalue weighted by Gasteiger charge is -2.37. The molecule has 10 nitrogen and oxygen atoms in total. The van der Waals surface area contributed by atoms with Gasteiger partial charge in [0.05, 0.1) is 11.9 Å². The van der Waals surface area contributed by atoms with Crippen molar-refractivity contribution in [3.63, 3.8) is 0 Å². The molecule has 1 aliphatic carbocycles. The van der Waals surface area contributed by atoms with Crippen LogP contribution in [0.15, 0.2) is 42.6 Å². The van der Waals surface area contributed by atoms with Crippen molar-refractivity contribution in [2.75, 3.05) is 16.0 Å². The summed E-state index contributed by atoms with van der Waals surface area (Å²) in [5, 5.41) is 7.84. The fraction of sp³-hybridized carbons (Fsp3) is 0.419. The SMILES string of the molecule is CC(C)C1CC[C@@H](C)CC1OC(=O)[C@H]1Cc2cc(Nc3ncc(F)c(Nc4ccc5c(c4)NC(=O)C(F)(F)O5)n3)ccc2O1. The molecule has 13 heteroatoms. The fourth-order valence-corrected chi connectivity index (χ4v) is 5.89. The molecule has 232 valence electrons. The third kappa shape index (κ3) is 6.08. The Labute approximate surface area is 251 Å². The number of ether oxygens (including phenoxy) is 3. The smallest absolute Gasteiger partial charge is 0.478 e. The number of esters is 1. The van der Waals surface area contributed by atoms with Crippen LogP contribution >= 0.6 is 0 Å². The molecule has 2 aliphatic heterocycles. The number of amides is 1. The number of carbonyl (C=O) groups excluding carboxylic acids is 2. The largest absolute Gasteiger partial charge is 0.482 e. The third-order valence-electron chi connectivity index (χ3n) is 8.22. The highest BCUT2D eigenvalue weighted by Gasteiger charge is 2.46. The Hall–Kier alpha value is -4.55. The maximum atomic E-state index is 14.6. The normalized spacial score (nSPS) is 23.5. The molecule has 2 unspecified atom stereocenters. The average Bonchev–Trinajstić information content (AvgIpc) is 3.39. The Morgan fingerprint density at radius 3 is 2.64 bits per heavy atom. The first-order chi connectivity index (χ1) is 20.9. The van der Waals surface area contributed by atoms with Gasteiger partial charge in [-0.15, -0.1) is 0 Å². The van der Waals surface area contributed by atoms with Crippen LogP contribution in [-0.4, -0.2) is 40.2 Å². The number of alkyl halides is 2. The van der Waals surface area contributed by atoms with Crippen molar-refractivity contribution in [2.45, 2.75) is 64.8 Å². The van der Waals surface area contributed by atoms with Gasteiger partial charge in [0.1, 0.15) is 11.9 Å². The van der Waals surface area contributed by atoms with E-state index in [4.69, 9.17) is 9.47 Å². The van der Waals surface area contributed by atoms with E-state index in [-0.39, 0.29) is 41.0 Å². The number of nitrogens with zero attached hydrogens (tertiary/aromatic N) is 2. The summed E-state index contributed by atoms with van der Waals surface area (Å²) in [6.45, 7) is 6.52. The van der Waals surface area contributed by atoms with Crippen LogP contribution in [0.3, 0.4) is 0 Å². The van der Waals surface area contributed by atoms with Crippen molar-refractivity contribution in [3.8, 4) is 11.5 Å². The summed E-state index contributed by atoms with van der Waals surface area (Å²) in [7, 11) is 0. The lowest BCUT2D eigenvalue weighted by Crippen LogP contribution is -2.43. The van der Waals surface area contributed by atoms with Gasteiger partial charge in [-0.2, -0.15) is 13.8 Å². The highest BCUT2D eigenvalue weighted by atomic mass is 19.3. The number of halogens is 3. The summed E-state index contributed by atoms with van der Waals surface area (Å²) in [5.74, 6) is -1.24. The van der Waals surface area contributed by atoms with Crippen LogP contribution in [-0.2, 0) is 20.7 Å². The molecule has 3 aromatic rings. The number of benzene rings is 2. The van der Waals surface area contributed by atoms with Crippen LogP contribution in [0, 0.1) is 23.6 Å². The first-order valence-corrected chi connectivity index (χ1v) is 14.5. The standard InChI is InChI=1S/C31H32F3N5O5/c1-15(2)20-7-4-16(3)10-25(20)43-28(40)26-12-17-11-18(5-8-23(17)42-26)37-30-35-14-21(32)27(39-30)36-19-6-9-24-22(13-19)38-29(41)31(33,34)44-24/h5-6,8-9,11,13-16,20,25-26H,4,7,10,12H2,1-3H3,(H,38,41)(H2,35,36,37,39)/t16-,20?,25?,26-/m1/s1. The highest BCUT2D eigenvalue weighted by molar-refractivity contribution is 5.99. The van der Waals surface area contributed by atoms with Crippen molar-refractivity contribution in [2.24, 2.45) is 17.8 Å². The molecule has 0 spiro atoms. The molecule has 1 fully saturated rings. The van der Waals surface area contributed by atoms with Gasteiger partial charge in [-0.05, 0) is 67.0 Å². The first kappa shape index (κ1) is 29.5. The van der Waals surface area contributed by atoms with Crippen LogP contribution in [0.1, 0.15) is 45.6 Å².